The summed E-state index contributed by atoms with van der Waals surface area (Å²) in [5.74, 6) is 1.20. The van der Waals surface area contributed by atoms with E-state index in [1.165, 1.54) is 6.26 Å². The van der Waals surface area contributed by atoms with Crippen LogP contribution in [0.4, 0.5) is 0 Å². The van der Waals surface area contributed by atoms with Crippen molar-refractivity contribution in [3.05, 3.63) is 36.6 Å². The highest BCUT2D eigenvalue weighted by Gasteiger charge is 2.11. The van der Waals surface area contributed by atoms with Gasteiger partial charge in [0.1, 0.15) is 0 Å². The van der Waals surface area contributed by atoms with Gasteiger partial charge in [0.25, 0.3) is 0 Å². The van der Waals surface area contributed by atoms with Gasteiger partial charge in [0.15, 0.2) is 21.4 Å². The molecule has 0 unspecified atom stereocenters. The molecule has 0 fully saturated rings. The lowest BCUT2D eigenvalue weighted by Gasteiger charge is -1.96. The fourth-order valence-corrected chi connectivity index (χ4v) is 2.40. The lowest BCUT2D eigenvalue weighted by molar-refractivity contribution is 0.578. The van der Waals surface area contributed by atoms with E-state index in [0.29, 0.717) is 22.6 Å². The zero-order valence-corrected chi connectivity index (χ0v) is 10.4. The second-order valence-electron chi connectivity index (χ2n) is 4.01. The number of benzene rings is 1. The van der Waals surface area contributed by atoms with Crippen molar-refractivity contribution in [2.75, 3.05) is 6.26 Å². The van der Waals surface area contributed by atoms with E-state index in [4.69, 9.17) is 4.42 Å². The lowest BCUT2D eigenvalue weighted by atomic mass is 10.3. The zero-order valence-electron chi connectivity index (χ0n) is 9.54. The van der Waals surface area contributed by atoms with Crippen LogP contribution >= 0.6 is 0 Å². The number of fused-ring (bicyclic) bond motifs is 1. The third-order valence-corrected chi connectivity index (χ3v) is 3.75. The molecular weight excluding hydrogens is 252 g/mol. The van der Waals surface area contributed by atoms with Gasteiger partial charge in [-0.3, -0.25) is 0 Å². The minimum atomic E-state index is -3.21. The molecule has 1 N–H and O–H groups in total. The molecule has 6 heteroatoms. The monoisotopic (exact) mass is 262 g/mol. The van der Waals surface area contributed by atoms with Crippen LogP contribution in [0.3, 0.4) is 0 Å². The number of hydrogen-bond acceptors (Lipinski definition) is 4. The first-order chi connectivity index (χ1) is 8.54. The highest BCUT2D eigenvalue weighted by Crippen LogP contribution is 2.22. The maximum atomic E-state index is 11.5. The minimum Gasteiger partial charge on any atom is -0.461 e. The number of sulfone groups is 1. The lowest BCUT2D eigenvalue weighted by Crippen LogP contribution is -1.96. The van der Waals surface area contributed by atoms with E-state index >= 15 is 0 Å². The van der Waals surface area contributed by atoms with E-state index in [1.54, 1.807) is 36.6 Å². The Hall–Kier alpha value is -2.08. The van der Waals surface area contributed by atoms with Crippen LogP contribution in [0.2, 0.25) is 0 Å². The Labute approximate surface area is 103 Å². The Morgan fingerprint density at radius 3 is 2.78 bits per heavy atom. The number of nitrogens with one attached hydrogen (secondary N) is 1. The summed E-state index contributed by atoms with van der Waals surface area (Å²) in [6.07, 6.45) is 2.74. The molecule has 5 nitrogen and oxygen atoms in total. The standard InChI is InChI=1S/C12H10N2O3S/c1-18(15,16)8-4-5-9-10(7-8)14-12(13-9)11-3-2-6-17-11/h2-7H,1H3,(H,13,14). The molecular formula is C12H10N2O3S. The summed E-state index contributed by atoms with van der Waals surface area (Å²) >= 11 is 0. The number of furan rings is 1. The van der Waals surface area contributed by atoms with E-state index in [2.05, 4.69) is 9.97 Å². The molecule has 0 bridgehead atoms. The van der Waals surface area contributed by atoms with Crippen LogP contribution in [-0.2, 0) is 9.84 Å². The first-order valence-corrected chi connectivity index (χ1v) is 7.17. The van der Waals surface area contributed by atoms with E-state index in [0.717, 1.165) is 0 Å². The van der Waals surface area contributed by atoms with Crippen LogP contribution in [0, 0.1) is 0 Å². The first-order valence-electron chi connectivity index (χ1n) is 5.28. The number of aromatic amines is 1. The van der Waals surface area contributed by atoms with Crippen molar-refractivity contribution in [2.45, 2.75) is 4.90 Å². The van der Waals surface area contributed by atoms with Crippen LogP contribution in [0.1, 0.15) is 0 Å². The average Bonchev–Trinajstić information content (AvgIpc) is 2.95. The minimum absolute atomic E-state index is 0.268. The summed E-state index contributed by atoms with van der Waals surface area (Å²) < 4.78 is 28.2. The molecule has 2 heterocycles. The van der Waals surface area contributed by atoms with Gasteiger partial charge in [-0.25, -0.2) is 13.4 Å². The van der Waals surface area contributed by atoms with E-state index in [1.807, 2.05) is 0 Å². The zero-order chi connectivity index (χ0) is 12.8. The van der Waals surface area contributed by atoms with Crippen molar-refractivity contribution < 1.29 is 12.8 Å². The number of hydrogen-bond donors (Lipinski definition) is 1. The maximum Gasteiger partial charge on any atom is 0.175 e. The van der Waals surface area contributed by atoms with Crippen molar-refractivity contribution in [2.24, 2.45) is 0 Å². The average molecular weight is 262 g/mol. The van der Waals surface area contributed by atoms with Crippen molar-refractivity contribution >= 4 is 20.9 Å². The van der Waals surface area contributed by atoms with Gasteiger partial charge >= 0.3 is 0 Å². The number of imidazole rings is 1. The van der Waals surface area contributed by atoms with Gasteiger partial charge in [0.05, 0.1) is 22.2 Å². The summed E-state index contributed by atoms with van der Waals surface area (Å²) in [6, 6.07) is 8.35. The summed E-state index contributed by atoms with van der Waals surface area (Å²) in [6.45, 7) is 0. The Morgan fingerprint density at radius 2 is 2.11 bits per heavy atom. The Bertz CT molecular complexity index is 801. The molecule has 0 aliphatic heterocycles. The van der Waals surface area contributed by atoms with Crippen molar-refractivity contribution in [3.8, 4) is 11.6 Å². The molecule has 0 amide bonds. The summed E-state index contributed by atoms with van der Waals surface area (Å²) in [7, 11) is -3.21. The number of nitrogens with zero attached hydrogens (tertiary/aromatic N) is 1. The largest absolute Gasteiger partial charge is 0.461 e. The van der Waals surface area contributed by atoms with E-state index < -0.39 is 9.84 Å². The number of rotatable bonds is 2. The van der Waals surface area contributed by atoms with Crippen molar-refractivity contribution in [3.63, 3.8) is 0 Å². The molecule has 0 aliphatic rings. The van der Waals surface area contributed by atoms with Crippen LogP contribution in [0.15, 0.2) is 45.9 Å². The van der Waals surface area contributed by atoms with Gasteiger partial charge in [0.2, 0.25) is 0 Å². The fraction of sp³-hybridized carbons (Fsp3) is 0.0833. The van der Waals surface area contributed by atoms with Gasteiger partial charge in [-0.1, -0.05) is 0 Å². The van der Waals surface area contributed by atoms with Gasteiger partial charge in [-0.05, 0) is 30.3 Å². The number of H-pyrrole nitrogens is 1. The molecule has 0 saturated carbocycles. The first kappa shape index (κ1) is 11.0. The normalized spacial score (nSPS) is 12.1. The Kier molecular flexibility index (Phi) is 2.27. The predicted octanol–water partition coefficient (Wildman–Crippen LogP) is 2.23. The van der Waals surface area contributed by atoms with Crippen molar-refractivity contribution in [1.29, 1.82) is 0 Å². The van der Waals surface area contributed by atoms with Crippen LogP contribution in [0.25, 0.3) is 22.6 Å². The van der Waals surface area contributed by atoms with E-state index in [-0.39, 0.29) is 4.90 Å². The summed E-state index contributed by atoms with van der Waals surface area (Å²) in [5.41, 5.74) is 1.37. The summed E-state index contributed by atoms with van der Waals surface area (Å²) in [5, 5.41) is 0. The number of aromatic nitrogens is 2. The molecule has 92 valence electrons. The van der Waals surface area contributed by atoms with E-state index in [9.17, 15) is 8.42 Å². The van der Waals surface area contributed by atoms with Crippen LogP contribution in [0.5, 0.6) is 0 Å². The fourth-order valence-electron chi connectivity index (χ4n) is 1.75. The SMILES string of the molecule is CS(=O)(=O)c1ccc2nc(-c3ccco3)[nH]c2c1. The van der Waals surface area contributed by atoms with Gasteiger partial charge in [0, 0.05) is 6.26 Å². The second-order valence-corrected chi connectivity index (χ2v) is 6.03. The van der Waals surface area contributed by atoms with Crippen molar-refractivity contribution in [1.82, 2.24) is 9.97 Å². The van der Waals surface area contributed by atoms with Gasteiger partial charge < -0.3 is 9.40 Å². The Morgan fingerprint density at radius 1 is 1.28 bits per heavy atom. The molecule has 2 aromatic heterocycles. The van der Waals surface area contributed by atoms with Gasteiger partial charge in [-0.15, -0.1) is 0 Å². The summed E-state index contributed by atoms with van der Waals surface area (Å²) in [4.78, 5) is 7.64. The van der Waals surface area contributed by atoms with Crippen LogP contribution in [-0.4, -0.2) is 24.6 Å². The smallest absolute Gasteiger partial charge is 0.175 e. The molecule has 18 heavy (non-hydrogen) atoms. The molecule has 3 aromatic rings. The Balaban J connectivity index is 2.19. The molecule has 0 spiro atoms. The molecule has 1 aromatic carbocycles. The molecule has 0 saturated heterocycles. The van der Waals surface area contributed by atoms with Gasteiger partial charge in [-0.2, -0.15) is 0 Å². The highest BCUT2D eigenvalue weighted by molar-refractivity contribution is 7.90. The third-order valence-electron chi connectivity index (χ3n) is 2.64. The molecule has 0 atom stereocenters. The maximum absolute atomic E-state index is 11.5. The topological polar surface area (TPSA) is 76.0 Å². The molecule has 0 aliphatic carbocycles. The predicted molar refractivity (Wildman–Crippen MR) is 66.9 cm³/mol. The molecule has 3 rings (SSSR count). The second kappa shape index (κ2) is 3.71. The third kappa shape index (κ3) is 1.80. The highest BCUT2D eigenvalue weighted by atomic mass is 32.2. The van der Waals surface area contributed by atoms with Crippen LogP contribution < -0.4 is 0 Å². The quantitative estimate of drug-likeness (QED) is 0.768. The molecule has 0 radical (unpaired) electrons.